The molecule has 0 spiro atoms. The quantitative estimate of drug-likeness (QED) is 0.501. The Morgan fingerprint density at radius 1 is 1.03 bits per heavy atom. The Morgan fingerprint density at radius 2 is 1.75 bits per heavy atom. The smallest absolute Gasteiger partial charge is 0.338 e. The maximum Gasteiger partial charge on any atom is 0.338 e. The van der Waals surface area contributed by atoms with E-state index < -0.39 is 12.1 Å². The van der Waals surface area contributed by atoms with Crippen molar-refractivity contribution in [3.05, 3.63) is 65.2 Å². The zero-order valence-electron chi connectivity index (χ0n) is 18.6. The van der Waals surface area contributed by atoms with Crippen molar-refractivity contribution in [2.45, 2.75) is 46.3 Å². The summed E-state index contributed by atoms with van der Waals surface area (Å²) in [5, 5.41) is 2.76. The first kappa shape index (κ1) is 23.2. The molecule has 3 rings (SSSR count). The average molecular weight is 437 g/mol. The van der Waals surface area contributed by atoms with Crippen LogP contribution in [0.15, 0.2) is 48.5 Å². The fourth-order valence-corrected chi connectivity index (χ4v) is 3.41. The van der Waals surface area contributed by atoms with Crippen LogP contribution in [0.3, 0.4) is 0 Å². The summed E-state index contributed by atoms with van der Waals surface area (Å²) < 4.78 is 5.39. The molecular formula is C25H28N2O5. The number of ether oxygens (including phenoxy) is 1. The molecule has 0 saturated carbocycles. The Morgan fingerprint density at radius 3 is 2.38 bits per heavy atom. The molecule has 1 fully saturated rings. The number of Topliss-reactive ketones (excluding diaryl/α,β-unsaturated/α-hetero) is 1. The first-order valence-electron chi connectivity index (χ1n) is 10.8. The lowest BCUT2D eigenvalue weighted by Gasteiger charge is -2.16. The number of ketones is 1. The molecule has 2 aromatic rings. The average Bonchev–Trinajstić information content (AvgIpc) is 3.18. The fraction of sp³-hybridized carbons (Fsp3) is 0.360. The van der Waals surface area contributed by atoms with Gasteiger partial charge in [-0.25, -0.2) is 4.79 Å². The minimum Gasteiger partial charge on any atom is -0.451 e. The van der Waals surface area contributed by atoms with Gasteiger partial charge in [0.15, 0.2) is 6.10 Å². The number of anilines is 1. The highest BCUT2D eigenvalue weighted by atomic mass is 16.5. The van der Waals surface area contributed by atoms with Gasteiger partial charge in [-0.05, 0) is 55.3 Å². The van der Waals surface area contributed by atoms with Crippen LogP contribution in [0.5, 0.6) is 0 Å². The minimum absolute atomic E-state index is 0.109. The third-order valence-corrected chi connectivity index (χ3v) is 5.32. The third-order valence-electron chi connectivity index (χ3n) is 5.32. The van der Waals surface area contributed by atoms with Gasteiger partial charge in [0.1, 0.15) is 0 Å². The van der Waals surface area contributed by atoms with E-state index in [0.29, 0.717) is 29.8 Å². The largest absolute Gasteiger partial charge is 0.451 e. The third kappa shape index (κ3) is 5.81. The predicted molar refractivity (Wildman–Crippen MR) is 120 cm³/mol. The number of hydrogen-bond donors (Lipinski definition) is 1. The number of carbonyl (C=O) groups excluding carboxylic acids is 4. The lowest BCUT2D eigenvalue weighted by atomic mass is 10.1. The second-order valence-electron chi connectivity index (χ2n) is 8.25. The molecule has 2 aromatic carbocycles. The van der Waals surface area contributed by atoms with Gasteiger partial charge in [0.05, 0.1) is 5.56 Å². The Labute approximate surface area is 187 Å². The van der Waals surface area contributed by atoms with Crippen LogP contribution in [0, 0.1) is 5.92 Å². The standard InChI is InChI=1S/C25H28N2O5/c1-16(2)24(30)26-21-11-9-19(10-12-21)23(29)17(3)32-25(31)20-7-4-6-18(14-20)15-27-13-5-8-22(27)28/h4,6-7,9-12,14,16-17H,5,8,13,15H2,1-3H3,(H,26,30)/t17-/m0/s1. The molecule has 1 atom stereocenters. The molecule has 1 saturated heterocycles. The van der Waals surface area contributed by atoms with Gasteiger partial charge in [-0.2, -0.15) is 0 Å². The molecule has 7 nitrogen and oxygen atoms in total. The molecule has 0 aromatic heterocycles. The number of hydrogen-bond acceptors (Lipinski definition) is 5. The molecule has 1 N–H and O–H groups in total. The van der Waals surface area contributed by atoms with E-state index in [-0.39, 0.29) is 23.5 Å². The molecule has 7 heteroatoms. The van der Waals surface area contributed by atoms with E-state index in [1.807, 2.05) is 6.07 Å². The molecule has 2 amide bonds. The molecule has 1 aliphatic rings. The number of likely N-dealkylation sites (tertiary alicyclic amines) is 1. The van der Waals surface area contributed by atoms with Crippen LogP contribution in [0.25, 0.3) is 0 Å². The summed E-state index contributed by atoms with van der Waals surface area (Å²) in [4.78, 5) is 50.6. The van der Waals surface area contributed by atoms with Crippen molar-refractivity contribution in [3.63, 3.8) is 0 Å². The highest BCUT2D eigenvalue weighted by Gasteiger charge is 2.22. The number of nitrogens with one attached hydrogen (secondary N) is 1. The van der Waals surface area contributed by atoms with Crippen molar-refractivity contribution < 1.29 is 23.9 Å². The molecule has 0 aliphatic carbocycles. The number of amides is 2. The number of benzene rings is 2. The van der Waals surface area contributed by atoms with Crippen molar-refractivity contribution in [2.24, 2.45) is 5.92 Å². The maximum atomic E-state index is 12.7. The van der Waals surface area contributed by atoms with Crippen LogP contribution in [0.2, 0.25) is 0 Å². The monoisotopic (exact) mass is 436 g/mol. The van der Waals surface area contributed by atoms with Gasteiger partial charge < -0.3 is 15.0 Å². The molecule has 168 valence electrons. The summed E-state index contributed by atoms with van der Waals surface area (Å²) in [5.41, 5.74) is 2.15. The van der Waals surface area contributed by atoms with Crippen LogP contribution in [-0.2, 0) is 20.9 Å². The normalized spacial score (nSPS) is 14.4. The number of esters is 1. The summed E-state index contributed by atoms with van der Waals surface area (Å²) in [6.45, 7) is 6.30. The number of nitrogens with zero attached hydrogens (tertiary/aromatic N) is 1. The topological polar surface area (TPSA) is 92.8 Å². The van der Waals surface area contributed by atoms with Gasteiger partial charge in [-0.15, -0.1) is 0 Å². The molecule has 32 heavy (non-hydrogen) atoms. The van der Waals surface area contributed by atoms with Crippen molar-refractivity contribution in [2.75, 3.05) is 11.9 Å². The van der Waals surface area contributed by atoms with Gasteiger partial charge in [-0.3, -0.25) is 14.4 Å². The van der Waals surface area contributed by atoms with E-state index in [1.165, 1.54) is 6.92 Å². The Balaban J connectivity index is 1.60. The van der Waals surface area contributed by atoms with E-state index in [2.05, 4.69) is 5.32 Å². The Hall–Kier alpha value is -3.48. The second kappa shape index (κ2) is 10.2. The first-order chi connectivity index (χ1) is 15.2. The van der Waals surface area contributed by atoms with Crippen molar-refractivity contribution in [3.8, 4) is 0 Å². The zero-order chi connectivity index (χ0) is 23.3. The van der Waals surface area contributed by atoms with Crippen molar-refractivity contribution >= 4 is 29.3 Å². The van der Waals surface area contributed by atoms with Crippen LogP contribution < -0.4 is 5.32 Å². The Bertz CT molecular complexity index is 1010. The molecule has 0 radical (unpaired) electrons. The number of carbonyl (C=O) groups is 4. The lowest BCUT2D eigenvalue weighted by Crippen LogP contribution is -2.25. The van der Waals surface area contributed by atoms with Crippen molar-refractivity contribution in [1.29, 1.82) is 0 Å². The van der Waals surface area contributed by atoms with E-state index in [1.54, 1.807) is 61.2 Å². The summed E-state index contributed by atoms with van der Waals surface area (Å²) in [6, 6.07) is 13.4. The minimum atomic E-state index is -0.970. The van der Waals surface area contributed by atoms with Gasteiger partial charge in [0.25, 0.3) is 0 Å². The van der Waals surface area contributed by atoms with E-state index in [4.69, 9.17) is 4.74 Å². The van der Waals surface area contributed by atoms with Gasteiger partial charge in [-0.1, -0.05) is 26.0 Å². The second-order valence-corrected chi connectivity index (χ2v) is 8.25. The summed E-state index contributed by atoms with van der Waals surface area (Å²) in [6.07, 6.45) is 0.444. The summed E-state index contributed by atoms with van der Waals surface area (Å²) in [5.74, 6) is -1.07. The SMILES string of the molecule is CC(C)C(=O)Nc1ccc(C(=O)[C@H](C)OC(=O)c2cccc(CN3CCCC3=O)c2)cc1. The Kier molecular flexibility index (Phi) is 7.41. The van der Waals surface area contributed by atoms with Crippen molar-refractivity contribution in [1.82, 2.24) is 4.90 Å². The zero-order valence-corrected chi connectivity index (χ0v) is 18.6. The maximum absolute atomic E-state index is 12.7. The van der Waals surface area contributed by atoms with Gasteiger partial charge in [0, 0.05) is 36.7 Å². The molecule has 1 heterocycles. The molecule has 0 unspecified atom stereocenters. The number of rotatable bonds is 8. The molecular weight excluding hydrogens is 408 g/mol. The van der Waals surface area contributed by atoms with E-state index in [0.717, 1.165) is 18.5 Å². The summed E-state index contributed by atoms with van der Waals surface area (Å²) >= 11 is 0. The van der Waals surface area contributed by atoms with Gasteiger partial charge in [0.2, 0.25) is 17.6 Å². The van der Waals surface area contributed by atoms with Crippen LogP contribution >= 0.6 is 0 Å². The highest BCUT2D eigenvalue weighted by Crippen LogP contribution is 2.17. The van der Waals surface area contributed by atoms with Crippen LogP contribution in [0.4, 0.5) is 5.69 Å². The fourth-order valence-electron chi connectivity index (χ4n) is 3.41. The predicted octanol–water partition coefficient (Wildman–Crippen LogP) is 3.83. The van der Waals surface area contributed by atoms with E-state index in [9.17, 15) is 19.2 Å². The van der Waals surface area contributed by atoms with Crippen LogP contribution in [-0.4, -0.2) is 41.1 Å². The molecule has 1 aliphatic heterocycles. The van der Waals surface area contributed by atoms with E-state index >= 15 is 0 Å². The highest BCUT2D eigenvalue weighted by molar-refractivity contribution is 6.02. The lowest BCUT2D eigenvalue weighted by molar-refractivity contribution is -0.128. The summed E-state index contributed by atoms with van der Waals surface area (Å²) in [7, 11) is 0. The first-order valence-corrected chi connectivity index (χ1v) is 10.8. The van der Waals surface area contributed by atoms with Gasteiger partial charge >= 0.3 is 5.97 Å². The molecule has 0 bridgehead atoms. The van der Waals surface area contributed by atoms with Crippen LogP contribution in [0.1, 0.15) is 59.9 Å².